The number of unbranched alkanes of at least 4 members (excludes halogenated alkanes) is 1. The van der Waals surface area contributed by atoms with Crippen LogP contribution >= 0.6 is 0 Å². The van der Waals surface area contributed by atoms with E-state index < -0.39 is 0 Å². The van der Waals surface area contributed by atoms with E-state index in [1.54, 1.807) is 12.1 Å². The number of aromatic nitrogens is 2. The third-order valence-corrected chi connectivity index (χ3v) is 5.43. The van der Waals surface area contributed by atoms with Crippen LogP contribution in [0.3, 0.4) is 0 Å². The van der Waals surface area contributed by atoms with E-state index in [0.29, 0.717) is 12.1 Å². The predicted octanol–water partition coefficient (Wildman–Crippen LogP) is 5.87. The Labute approximate surface area is 180 Å². The summed E-state index contributed by atoms with van der Waals surface area (Å²) in [5.41, 5.74) is 5.23. The highest BCUT2D eigenvalue weighted by molar-refractivity contribution is 5.79. The van der Waals surface area contributed by atoms with Crippen molar-refractivity contribution in [2.45, 2.75) is 32.7 Å². The van der Waals surface area contributed by atoms with E-state index in [1.807, 2.05) is 48.5 Å². The minimum absolute atomic E-state index is 0.0687. The summed E-state index contributed by atoms with van der Waals surface area (Å²) in [7, 11) is 0. The molecule has 4 rings (SSSR count). The number of rotatable bonds is 7. The van der Waals surface area contributed by atoms with Crippen molar-refractivity contribution in [1.82, 2.24) is 9.55 Å². The molecule has 0 aliphatic rings. The van der Waals surface area contributed by atoms with Crippen molar-refractivity contribution in [3.63, 3.8) is 0 Å². The molecule has 0 spiro atoms. The van der Waals surface area contributed by atoms with Gasteiger partial charge in [-0.15, -0.1) is 0 Å². The number of nitriles is 1. The zero-order valence-corrected chi connectivity index (χ0v) is 17.3. The van der Waals surface area contributed by atoms with Crippen LogP contribution in [0.15, 0.2) is 66.7 Å². The summed E-state index contributed by atoms with van der Waals surface area (Å²) in [5.74, 6) is 0.941. The number of fused-ring (bicyclic) bond motifs is 1. The lowest BCUT2D eigenvalue weighted by molar-refractivity contribution is -0.384. The fraction of sp³-hybridized carbons (Fsp3) is 0.200. The fourth-order valence-electron chi connectivity index (χ4n) is 3.78. The SMILES string of the molecule is CCCCc1nc2ccc([N+](=O)[O-])cc2n1Cc1ccc(-c2ccccc2C#N)cc1. The van der Waals surface area contributed by atoms with Gasteiger partial charge in [-0.2, -0.15) is 5.26 Å². The molecular formula is C25H22N4O2. The minimum Gasteiger partial charge on any atom is -0.323 e. The Morgan fingerprint density at radius 3 is 2.58 bits per heavy atom. The van der Waals surface area contributed by atoms with E-state index >= 15 is 0 Å². The maximum Gasteiger partial charge on any atom is 0.271 e. The molecule has 31 heavy (non-hydrogen) atoms. The first-order valence-corrected chi connectivity index (χ1v) is 10.3. The second-order valence-corrected chi connectivity index (χ2v) is 7.50. The lowest BCUT2D eigenvalue weighted by atomic mass is 9.99. The quantitative estimate of drug-likeness (QED) is 0.281. The van der Waals surface area contributed by atoms with Crippen LogP contribution < -0.4 is 0 Å². The molecule has 0 fully saturated rings. The lowest BCUT2D eigenvalue weighted by Gasteiger charge is -2.11. The average Bonchev–Trinajstić information content (AvgIpc) is 3.14. The topological polar surface area (TPSA) is 84.8 Å². The van der Waals surface area contributed by atoms with E-state index in [2.05, 4.69) is 17.6 Å². The van der Waals surface area contributed by atoms with Crippen LogP contribution in [0.1, 0.15) is 36.7 Å². The molecule has 3 aromatic carbocycles. The third-order valence-electron chi connectivity index (χ3n) is 5.43. The molecule has 0 N–H and O–H groups in total. The van der Waals surface area contributed by atoms with Gasteiger partial charge in [0.25, 0.3) is 5.69 Å². The van der Waals surface area contributed by atoms with E-state index in [-0.39, 0.29) is 10.6 Å². The standard InChI is InChI=1S/C25H22N4O2/c1-2-3-8-25-27-23-14-13-21(29(30)31)15-24(23)28(25)17-18-9-11-19(12-10-18)22-7-5-4-6-20(22)16-26/h4-7,9-15H,2-3,8,17H2,1H3. The highest BCUT2D eigenvalue weighted by Gasteiger charge is 2.15. The van der Waals surface area contributed by atoms with Gasteiger partial charge in [0.2, 0.25) is 0 Å². The van der Waals surface area contributed by atoms with Gasteiger partial charge in [0, 0.05) is 25.1 Å². The zero-order chi connectivity index (χ0) is 21.8. The van der Waals surface area contributed by atoms with Crippen LogP contribution in [0.2, 0.25) is 0 Å². The number of nitro groups is 1. The highest BCUT2D eigenvalue weighted by atomic mass is 16.6. The largest absolute Gasteiger partial charge is 0.323 e. The van der Waals surface area contributed by atoms with E-state index in [4.69, 9.17) is 4.98 Å². The third kappa shape index (κ3) is 4.17. The van der Waals surface area contributed by atoms with E-state index in [9.17, 15) is 15.4 Å². The van der Waals surface area contributed by atoms with Gasteiger partial charge in [-0.3, -0.25) is 10.1 Å². The molecule has 0 saturated carbocycles. The van der Waals surface area contributed by atoms with Crippen LogP contribution in [0, 0.1) is 21.4 Å². The van der Waals surface area contributed by atoms with Crippen molar-refractivity contribution in [3.8, 4) is 17.2 Å². The van der Waals surface area contributed by atoms with Gasteiger partial charge in [0.15, 0.2) is 0 Å². The van der Waals surface area contributed by atoms with Gasteiger partial charge in [0.05, 0.1) is 27.6 Å². The van der Waals surface area contributed by atoms with Gasteiger partial charge in [0.1, 0.15) is 5.82 Å². The molecule has 0 atom stereocenters. The summed E-state index contributed by atoms with van der Waals surface area (Å²) >= 11 is 0. The Morgan fingerprint density at radius 2 is 1.87 bits per heavy atom. The molecule has 0 aliphatic heterocycles. The average molecular weight is 410 g/mol. The monoisotopic (exact) mass is 410 g/mol. The van der Waals surface area contributed by atoms with Gasteiger partial charge >= 0.3 is 0 Å². The molecule has 6 nitrogen and oxygen atoms in total. The number of aryl methyl sites for hydroxylation is 1. The molecule has 1 aromatic heterocycles. The Balaban J connectivity index is 1.70. The second-order valence-electron chi connectivity index (χ2n) is 7.50. The van der Waals surface area contributed by atoms with Crippen molar-refractivity contribution in [1.29, 1.82) is 5.26 Å². The molecule has 0 aliphatic carbocycles. The first kappa shape index (κ1) is 20.3. The molecular weight excluding hydrogens is 388 g/mol. The number of nitrogens with zero attached hydrogens (tertiary/aromatic N) is 4. The number of hydrogen-bond acceptors (Lipinski definition) is 4. The summed E-state index contributed by atoms with van der Waals surface area (Å²) in [5, 5.41) is 20.6. The summed E-state index contributed by atoms with van der Waals surface area (Å²) in [6, 6.07) is 22.7. The smallest absolute Gasteiger partial charge is 0.271 e. The summed E-state index contributed by atoms with van der Waals surface area (Å²) < 4.78 is 2.08. The van der Waals surface area contributed by atoms with Crippen molar-refractivity contribution in [2.24, 2.45) is 0 Å². The van der Waals surface area contributed by atoms with Crippen LogP contribution in [0.5, 0.6) is 0 Å². The molecule has 0 amide bonds. The van der Waals surface area contributed by atoms with Crippen LogP contribution in [0.25, 0.3) is 22.2 Å². The molecule has 4 aromatic rings. The molecule has 6 heteroatoms. The normalized spacial score (nSPS) is 10.8. The first-order valence-electron chi connectivity index (χ1n) is 10.3. The van der Waals surface area contributed by atoms with E-state index in [1.165, 1.54) is 6.07 Å². The molecule has 154 valence electrons. The predicted molar refractivity (Wildman–Crippen MR) is 121 cm³/mol. The van der Waals surface area contributed by atoms with Gasteiger partial charge in [-0.25, -0.2) is 4.98 Å². The molecule has 0 radical (unpaired) electrons. The number of nitro benzene ring substituents is 1. The number of imidazole rings is 1. The molecule has 0 unspecified atom stereocenters. The fourth-order valence-corrected chi connectivity index (χ4v) is 3.78. The van der Waals surface area contributed by atoms with Crippen molar-refractivity contribution < 1.29 is 4.92 Å². The molecule has 1 heterocycles. The summed E-state index contributed by atoms with van der Waals surface area (Å²) in [4.78, 5) is 15.6. The Hall–Kier alpha value is -3.98. The zero-order valence-electron chi connectivity index (χ0n) is 17.3. The van der Waals surface area contributed by atoms with Crippen molar-refractivity contribution in [2.75, 3.05) is 0 Å². The number of benzene rings is 3. The Bertz CT molecular complexity index is 1280. The van der Waals surface area contributed by atoms with Gasteiger partial charge in [-0.1, -0.05) is 55.8 Å². The van der Waals surface area contributed by atoms with Crippen LogP contribution in [-0.4, -0.2) is 14.5 Å². The number of hydrogen-bond donors (Lipinski definition) is 0. The minimum atomic E-state index is -0.371. The Kier molecular flexibility index (Phi) is 5.76. The van der Waals surface area contributed by atoms with Crippen molar-refractivity contribution in [3.05, 3.63) is 93.8 Å². The van der Waals surface area contributed by atoms with Gasteiger partial charge < -0.3 is 4.57 Å². The lowest BCUT2D eigenvalue weighted by Crippen LogP contribution is -2.05. The second kappa shape index (κ2) is 8.80. The maximum absolute atomic E-state index is 11.3. The van der Waals surface area contributed by atoms with Crippen molar-refractivity contribution >= 4 is 16.7 Å². The van der Waals surface area contributed by atoms with Crippen LogP contribution in [-0.2, 0) is 13.0 Å². The van der Waals surface area contributed by atoms with Crippen LogP contribution in [0.4, 0.5) is 5.69 Å². The Morgan fingerprint density at radius 1 is 1.10 bits per heavy atom. The molecule has 0 bridgehead atoms. The summed E-state index contributed by atoms with van der Waals surface area (Å²) in [6.45, 7) is 2.71. The highest BCUT2D eigenvalue weighted by Crippen LogP contribution is 2.26. The molecule has 0 saturated heterocycles. The number of non-ortho nitro benzene ring substituents is 1. The van der Waals surface area contributed by atoms with E-state index in [0.717, 1.165) is 52.8 Å². The summed E-state index contributed by atoms with van der Waals surface area (Å²) in [6.07, 6.45) is 2.89. The maximum atomic E-state index is 11.3. The van der Waals surface area contributed by atoms with Gasteiger partial charge in [-0.05, 0) is 35.2 Å². The first-order chi connectivity index (χ1) is 15.1.